The third-order valence-corrected chi connectivity index (χ3v) is 8.03. The summed E-state index contributed by atoms with van der Waals surface area (Å²) in [6, 6.07) is 8.21. The van der Waals surface area contributed by atoms with Crippen LogP contribution in [0.5, 0.6) is 0 Å². The van der Waals surface area contributed by atoms with Crippen LogP contribution in [0.3, 0.4) is 0 Å². The van der Waals surface area contributed by atoms with E-state index in [1.165, 1.54) is 12.0 Å². The van der Waals surface area contributed by atoms with Crippen molar-refractivity contribution < 1.29 is 14.4 Å². The molecule has 0 unspecified atom stereocenters. The Hall–Kier alpha value is -3.69. The van der Waals surface area contributed by atoms with Crippen molar-refractivity contribution >= 4 is 35.0 Å². The standard InChI is InChI=1S/C31H45N7O3/c1-2-9-27(39)33-17-6-3-5-10-28(40)38-20-15-24(16-21-38)23-11-13-25(14-12-23)35-31-29(30(32)41)34-22-26(36-31)37-18-7-4-8-19-37/h11-14,22,24H,2-10,15-21H2,1H3,(H2,32,41)(H,33,39)(H,35,36). The number of amides is 3. The molecule has 0 spiro atoms. The minimum Gasteiger partial charge on any atom is -0.364 e. The molecule has 10 nitrogen and oxygen atoms in total. The fourth-order valence-electron chi connectivity index (χ4n) is 5.64. The maximum Gasteiger partial charge on any atom is 0.271 e. The molecular weight excluding hydrogens is 518 g/mol. The van der Waals surface area contributed by atoms with Crippen molar-refractivity contribution in [2.75, 3.05) is 42.9 Å². The SMILES string of the molecule is CCCC(=O)NCCCCCC(=O)N1CCC(c2ccc(Nc3nc(N4CCCCC4)cnc3C(N)=O)cc2)CC1. The predicted octanol–water partition coefficient (Wildman–Crippen LogP) is 4.49. The molecule has 1 aromatic heterocycles. The molecule has 0 saturated carbocycles. The zero-order valence-corrected chi connectivity index (χ0v) is 24.4. The van der Waals surface area contributed by atoms with Crippen LogP contribution in [0, 0.1) is 0 Å². The lowest BCUT2D eigenvalue weighted by Gasteiger charge is -2.32. The molecule has 3 heterocycles. The highest BCUT2D eigenvalue weighted by molar-refractivity contribution is 5.96. The second kappa shape index (κ2) is 15.3. The number of benzene rings is 1. The smallest absolute Gasteiger partial charge is 0.271 e. The van der Waals surface area contributed by atoms with Gasteiger partial charge in [0, 0.05) is 51.3 Å². The highest BCUT2D eigenvalue weighted by Crippen LogP contribution is 2.30. The maximum absolute atomic E-state index is 12.7. The molecule has 10 heteroatoms. The van der Waals surface area contributed by atoms with Crippen molar-refractivity contribution in [3.63, 3.8) is 0 Å². The van der Waals surface area contributed by atoms with Crippen LogP contribution in [0.15, 0.2) is 30.5 Å². The second-order valence-electron chi connectivity index (χ2n) is 11.2. The second-order valence-corrected chi connectivity index (χ2v) is 11.2. The van der Waals surface area contributed by atoms with Crippen molar-refractivity contribution in [2.24, 2.45) is 5.73 Å². The van der Waals surface area contributed by atoms with Gasteiger partial charge < -0.3 is 26.2 Å². The number of rotatable bonds is 13. The Morgan fingerprint density at radius 2 is 1.68 bits per heavy atom. The highest BCUT2D eigenvalue weighted by Gasteiger charge is 2.24. The Bertz CT molecular complexity index is 1160. The molecule has 2 saturated heterocycles. The topological polar surface area (TPSA) is 134 Å². The molecule has 0 radical (unpaired) electrons. The Balaban J connectivity index is 1.23. The first-order valence-electron chi connectivity index (χ1n) is 15.3. The van der Waals surface area contributed by atoms with Gasteiger partial charge in [-0.1, -0.05) is 25.5 Å². The summed E-state index contributed by atoms with van der Waals surface area (Å²) in [5.74, 6) is 1.27. The number of unbranched alkanes of at least 4 members (excludes halogenated alkanes) is 2. The van der Waals surface area contributed by atoms with Crippen LogP contribution in [-0.2, 0) is 9.59 Å². The van der Waals surface area contributed by atoms with Crippen molar-refractivity contribution in [1.29, 1.82) is 0 Å². The lowest BCUT2D eigenvalue weighted by atomic mass is 9.89. The lowest BCUT2D eigenvalue weighted by Crippen LogP contribution is -2.37. The van der Waals surface area contributed by atoms with E-state index in [0.29, 0.717) is 31.1 Å². The molecule has 1 aromatic carbocycles. The summed E-state index contributed by atoms with van der Waals surface area (Å²) >= 11 is 0. The number of anilines is 3. The van der Waals surface area contributed by atoms with E-state index >= 15 is 0 Å². The number of nitrogens with zero attached hydrogens (tertiary/aromatic N) is 4. The monoisotopic (exact) mass is 563 g/mol. The molecule has 2 aliphatic heterocycles. The summed E-state index contributed by atoms with van der Waals surface area (Å²) < 4.78 is 0. The number of aromatic nitrogens is 2. The molecule has 4 rings (SSSR count). The molecule has 0 bridgehead atoms. The first-order valence-corrected chi connectivity index (χ1v) is 15.3. The number of hydrogen-bond acceptors (Lipinski definition) is 7. The van der Waals surface area contributed by atoms with Gasteiger partial charge in [-0.15, -0.1) is 0 Å². The van der Waals surface area contributed by atoms with E-state index in [1.807, 2.05) is 24.0 Å². The van der Waals surface area contributed by atoms with Crippen molar-refractivity contribution in [1.82, 2.24) is 20.2 Å². The Labute approximate surface area is 243 Å². The van der Waals surface area contributed by atoms with Crippen molar-refractivity contribution in [3.8, 4) is 0 Å². The summed E-state index contributed by atoms with van der Waals surface area (Å²) in [6.45, 7) is 6.11. The van der Waals surface area contributed by atoms with E-state index in [1.54, 1.807) is 6.20 Å². The Morgan fingerprint density at radius 1 is 0.951 bits per heavy atom. The summed E-state index contributed by atoms with van der Waals surface area (Å²) in [5.41, 5.74) is 7.77. The molecular formula is C31H45N7O3. The minimum atomic E-state index is -0.612. The van der Waals surface area contributed by atoms with Gasteiger partial charge >= 0.3 is 0 Å². The fourth-order valence-corrected chi connectivity index (χ4v) is 5.64. The zero-order valence-electron chi connectivity index (χ0n) is 24.4. The van der Waals surface area contributed by atoms with Crippen molar-refractivity contribution in [2.45, 2.75) is 83.5 Å². The van der Waals surface area contributed by atoms with E-state index in [4.69, 9.17) is 10.7 Å². The van der Waals surface area contributed by atoms with Gasteiger partial charge in [0.1, 0.15) is 5.82 Å². The summed E-state index contributed by atoms with van der Waals surface area (Å²) in [6.07, 6.45) is 11.7. The van der Waals surface area contributed by atoms with Crippen LogP contribution in [-0.4, -0.2) is 65.3 Å². The molecule has 2 aromatic rings. The summed E-state index contributed by atoms with van der Waals surface area (Å²) in [5, 5.41) is 6.18. The van der Waals surface area contributed by atoms with Crippen LogP contribution in [0.2, 0.25) is 0 Å². The van der Waals surface area contributed by atoms with Gasteiger partial charge in [-0.2, -0.15) is 0 Å². The van der Waals surface area contributed by atoms with E-state index in [9.17, 15) is 14.4 Å². The number of carbonyl (C=O) groups excluding carboxylic acids is 3. The Morgan fingerprint density at radius 3 is 2.37 bits per heavy atom. The van der Waals surface area contributed by atoms with Gasteiger partial charge in [0.05, 0.1) is 6.20 Å². The number of primary amides is 1. The predicted molar refractivity (Wildman–Crippen MR) is 161 cm³/mol. The Kier molecular flexibility index (Phi) is 11.3. The average Bonchev–Trinajstić information content (AvgIpc) is 2.99. The van der Waals surface area contributed by atoms with Crippen LogP contribution >= 0.6 is 0 Å². The summed E-state index contributed by atoms with van der Waals surface area (Å²) in [4.78, 5) is 49.4. The molecule has 0 aliphatic carbocycles. The summed E-state index contributed by atoms with van der Waals surface area (Å²) in [7, 11) is 0. The van der Waals surface area contributed by atoms with Gasteiger partial charge in [0.2, 0.25) is 11.8 Å². The van der Waals surface area contributed by atoms with Crippen LogP contribution < -0.4 is 21.3 Å². The molecule has 4 N–H and O–H groups in total. The van der Waals surface area contributed by atoms with Gasteiger partial charge in [0.25, 0.3) is 5.91 Å². The van der Waals surface area contributed by atoms with Gasteiger partial charge in [0.15, 0.2) is 11.5 Å². The largest absolute Gasteiger partial charge is 0.364 e. The minimum absolute atomic E-state index is 0.113. The molecule has 0 atom stereocenters. The van der Waals surface area contributed by atoms with E-state index < -0.39 is 5.91 Å². The number of nitrogens with one attached hydrogen (secondary N) is 2. The molecule has 2 aliphatic rings. The van der Waals surface area contributed by atoms with Crippen molar-refractivity contribution in [3.05, 3.63) is 41.7 Å². The fraction of sp³-hybridized carbons (Fsp3) is 0.581. The number of nitrogens with two attached hydrogens (primary N) is 1. The maximum atomic E-state index is 12.7. The molecule has 2 fully saturated rings. The third kappa shape index (κ3) is 8.90. The van der Waals surface area contributed by atoms with E-state index in [-0.39, 0.29) is 17.5 Å². The normalized spacial score (nSPS) is 15.9. The molecule has 222 valence electrons. The van der Waals surface area contributed by atoms with Gasteiger partial charge in [-0.3, -0.25) is 14.4 Å². The zero-order chi connectivity index (χ0) is 29.0. The van der Waals surface area contributed by atoms with E-state index in [2.05, 4.69) is 32.7 Å². The number of carbonyl (C=O) groups is 3. The van der Waals surface area contributed by atoms with Crippen LogP contribution in [0.1, 0.15) is 99.5 Å². The first-order chi connectivity index (χ1) is 19.9. The molecule has 3 amide bonds. The average molecular weight is 564 g/mol. The van der Waals surface area contributed by atoms with E-state index in [0.717, 1.165) is 89.1 Å². The molecule has 41 heavy (non-hydrogen) atoms. The number of piperidine rings is 2. The van der Waals surface area contributed by atoms with Crippen LogP contribution in [0.4, 0.5) is 17.3 Å². The third-order valence-electron chi connectivity index (χ3n) is 8.03. The quantitative estimate of drug-likeness (QED) is 0.306. The number of hydrogen-bond donors (Lipinski definition) is 3. The van der Waals surface area contributed by atoms with Gasteiger partial charge in [-0.25, -0.2) is 9.97 Å². The number of likely N-dealkylation sites (tertiary alicyclic amines) is 1. The lowest BCUT2D eigenvalue weighted by molar-refractivity contribution is -0.132. The first kappa shape index (κ1) is 30.3. The highest BCUT2D eigenvalue weighted by atomic mass is 16.2. The van der Waals surface area contributed by atoms with Crippen LogP contribution in [0.25, 0.3) is 0 Å². The van der Waals surface area contributed by atoms with Gasteiger partial charge in [-0.05, 0) is 75.0 Å².